The van der Waals surface area contributed by atoms with Crippen molar-refractivity contribution in [2.75, 3.05) is 0 Å². The first kappa shape index (κ1) is 19.2. The zero-order valence-electron chi connectivity index (χ0n) is 16.2. The second-order valence-corrected chi connectivity index (χ2v) is 8.59. The molecule has 0 aliphatic rings. The summed E-state index contributed by atoms with van der Waals surface area (Å²) < 4.78 is 32.6. The van der Waals surface area contributed by atoms with E-state index in [1.165, 1.54) is 0 Å². The zero-order chi connectivity index (χ0) is 19.8. The first-order chi connectivity index (χ1) is 12.7. The van der Waals surface area contributed by atoms with E-state index in [0.29, 0.717) is 0 Å². The summed E-state index contributed by atoms with van der Waals surface area (Å²) in [4.78, 5) is 0.118. The second-order valence-electron chi connectivity index (χ2n) is 7.04. The van der Waals surface area contributed by atoms with Gasteiger partial charge in [0.2, 0.25) is 5.88 Å². The standard InChI is InChI=1S/C21H24N2O3S/c1-14(2)19-13-21(23(22-19)20-8-6-7-16(4)17(20)5)26-27(24,25)18-11-9-15(3)10-12-18/h6-14H,1-5H3. The van der Waals surface area contributed by atoms with Crippen molar-refractivity contribution in [2.24, 2.45) is 0 Å². The molecule has 0 saturated heterocycles. The van der Waals surface area contributed by atoms with Crippen LogP contribution in [0.15, 0.2) is 53.4 Å². The van der Waals surface area contributed by atoms with Crippen LogP contribution < -0.4 is 4.18 Å². The van der Waals surface area contributed by atoms with Crippen LogP contribution in [0.1, 0.15) is 42.1 Å². The molecule has 0 saturated carbocycles. The van der Waals surface area contributed by atoms with Crippen LogP contribution in [0.4, 0.5) is 0 Å². The van der Waals surface area contributed by atoms with Gasteiger partial charge in [0.25, 0.3) is 0 Å². The minimum Gasteiger partial charge on any atom is -0.358 e. The maximum absolute atomic E-state index is 12.8. The molecule has 1 heterocycles. The maximum Gasteiger partial charge on any atom is 0.340 e. The number of aryl methyl sites for hydroxylation is 2. The van der Waals surface area contributed by atoms with E-state index >= 15 is 0 Å². The number of rotatable bonds is 5. The van der Waals surface area contributed by atoms with Crippen molar-refractivity contribution in [3.05, 3.63) is 70.9 Å². The Morgan fingerprint density at radius 2 is 1.67 bits per heavy atom. The zero-order valence-corrected chi connectivity index (χ0v) is 17.0. The molecular formula is C21H24N2O3S. The Morgan fingerprint density at radius 1 is 1.00 bits per heavy atom. The molecule has 0 aliphatic carbocycles. The molecule has 0 amide bonds. The van der Waals surface area contributed by atoms with Crippen LogP contribution in [-0.4, -0.2) is 18.2 Å². The Morgan fingerprint density at radius 3 is 2.30 bits per heavy atom. The predicted octanol–water partition coefficient (Wildman–Crippen LogP) is 4.69. The quantitative estimate of drug-likeness (QED) is 0.599. The molecule has 27 heavy (non-hydrogen) atoms. The van der Waals surface area contributed by atoms with Gasteiger partial charge in [0.1, 0.15) is 4.90 Å². The van der Waals surface area contributed by atoms with Gasteiger partial charge < -0.3 is 4.18 Å². The van der Waals surface area contributed by atoms with E-state index in [9.17, 15) is 8.42 Å². The van der Waals surface area contributed by atoms with Crippen LogP contribution in [0.25, 0.3) is 5.69 Å². The van der Waals surface area contributed by atoms with Gasteiger partial charge in [-0.25, -0.2) is 0 Å². The van der Waals surface area contributed by atoms with Crippen molar-refractivity contribution in [2.45, 2.75) is 45.4 Å². The fraction of sp³-hybridized carbons (Fsp3) is 0.286. The van der Waals surface area contributed by atoms with Crippen LogP contribution in [0, 0.1) is 20.8 Å². The van der Waals surface area contributed by atoms with Crippen molar-refractivity contribution in [1.29, 1.82) is 0 Å². The Hall–Kier alpha value is -2.60. The molecule has 0 radical (unpaired) electrons. The van der Waals surface area contributed by atoms with Crippen LogP contribution in [0.3, 0.4) is 0 Å². The fourth-order valence-corrected chi connectivity index (χ4v) is 3.64. The lowest BCUT2D eigenvalue weighted by molar-refractivity contribution is 0.464. The van der Waals surface area contributed by atoms with Gasteiger partial charge in [0.15, 0.2) is 0 Å². The average Bonchev–Trinajstić information content (AvgIpc) is 3.01. The molecule has 0 atom stereocenters. The van der Waals surface area contributed by atoms with Gasteiger partial charge in [-0.3, -0.25) is 0 Å². The molecule has 0 spiro atoms. The van der Waals surface area contributed by atoms with Gasteiger partial charge in [0.05, 0.1) is 11.4 Å². The van der Waals surface area contributed by atoms with Crippen molar-refractivity contribution >= 4 is 10.1 Å². The molecule has 0 fully saturated rings. The summed E-state index contributed by atoms with van der Waals surface area (Å²) in [6.07, 6.45) is 0. The summed E-state index contributed by atoms with van der Waals surface area (Å²) in [5, 5.41) is 4.60. The fourth-order valence-electron chi connectivity index (χ4n) is 2.73. The number of nitrogens with zero attached hydrogens (tertiary/aromatic N) is 2. The van der Waals surface area contributed by atoms with Crippen LogP contribution >= 0.6 is 0 Å². The Balaban J connectivity index is 2.09. The largest absolute Gasteiger partial charge is 0.358 e. The highest BCUT2D eigenvalue weighted by Gasteiger charge is 2.22. The summed E-state index contributed by atoms with van der Waals surface area (Å²) in [5.74, 6) is 0.328. The van der Waals surface area contributed by atoms with Crippen molar-refractivity contribution in [3.63, 3.8) is 0 Å². The normalized spacial score (nSPS) is 11.8. The number of hydrogen-bond acceptors (Lipinski definition) is 4. The van der Waals surface area contributed by atoms with Crippen molar-refractivity contribution in [1.82, 2.24) is 9.78 Å². The molecule has 0 N–H and O–H groups in total. The summed E-state index contributed by atoms with van der Waals surface area (Å²) in [7, 11) is -3.96. The third kappa shape index (κ3) is 3.90. The molecule has 1 aromatic heterocycles. The highest BCUT2D eigenvalue weighted by Crippen LogP contribution is 2.28. The minimum atomic E-state index is -3.96. The van der Waals surface area contributed by atoms with E-state index in [-0.39, 0.29) is 16.7 Å². The number of hydrogen-bond donors (Lipinski definition) is 0. The van der Waals surface area contributed by atoms with Crippen molar-refractivity contribution in [3.8, 4) is 11.6 Å². The lowest BCUT2D eigenvalue weighted by Crippen LogP contribution is -2.13. The molecule has 0 unspecified atom stereocenters. The van der Waals surface area contributed by atoms with E-state index in [2.05, 4.69) is 5.10 Å². The molecule has 3 rings (SSSR count). The number of aromatic nitrogens is 2. The topological polar surface area (TPSA) is 61.2 Å². The van der Waals surface area contributed by atoms with E-state index in [1.807, 2.05) is 52.8 Å². The summed E-state index contributed by atoms with van der Waals surface area (Å²) >= 11 is 0. The second kappa shape index (κ2) is 7.19. The van der Waals surface area contributed by atoms with Crippen LogP contribution in [0.5, 0.6) is 5.88 Å². The summed E-state index contributed by atoms with van der Waals surface area (Å²) in [6.45, 7) is 9.92. The molecule has 5 nitrogen and oxygen atoms in total. The molecule has 0 aliphatic heterocycles. The van der Waals surface area contributed by atoms with E-state index < -0.39 is 10.1 Å². The van der Waals surface area contributed by atoms with E-state index in [0.717, 1.165) is 28.1 Å². The number of benzene rings is 2. The smallest absolute Gasteiger partial charge is 0.340 e. The summed E-state index contributed by atoms with van der Waals surface area (Å²) in [5.41, 5.74) is 4.67. The summed E-state index contributed by atoms with van der Waals surface area (Å²) in [6, 6.07) is 14.1. The lowest BCUT2D eigenvalue weighted by atomic mass is 10.1. The highest BCUT2D eigenvalue weighted by molar-refractivity contribution is 7.87. The maximum atomic E-state index is 12.8. The molecule has 6 heteroatoms. The SMILES string of the molecule is Cc1ccc(S(=O)(=O)Oc2cc(C(C)C)nn2-c2cccc(C)c2C)cc1. The molecule has 3 aromatic rings. The van der Waals surface area contributed by atoms with Gasteiger partial charge in [-0.2, -0.15) is 18.2 Å². The Bertz CT molecular complexity index is 1070. The third-order valence-corrected chi connectivity index (χ3v) is 5.84. The van der Waals surface area contributed by atoms with E-state index in [1.54, 1.807) is 35.0 Å². The predicted molar refractivity (Wildman–Crippen MR) is 106 cm³/mol. The Kier molecular flexibility index (Phi) is 5.11. The Labute approximate surface area is 160 Å². The van der Waals surface area contributed by atoms with Crippen LogP contribution in [0.2, 0.25) is 0 Å². The van der Waals surface area contributed by atoms with Gasteiger partial charge in [0, 0.05) is 6.07 Å². The molecular weight excluding hydrogens is 360 g/mol. The minimum absolute atomic E-state index is 0.118. The first-order valence-corrected chi connectivity index (χ1v) is 10.3. The molecule has 2 aromatic carbocycles. The van der Waals surface area contributed by atoms with Gasteiger partial charge in [-0.1, -0.05) is 43.7 Å². The lowest BCUT2D eigenvalue weighted by Gasteiger charge is -2.12. The first-order valence-electron chi connectivity index (χ1n) is 8.87. The van der Waals surface area contributed by atoms with Crippen molar-refractivity contribution < 1.29 is 12.6 Å². The average molecular weight is 385 g/mol. The van der Waals surface area contributed by atoms with Gasteiger partial charge in [-0.15, -0.1) is 0 Å². The molecule has 0 bridgehead atoms. The van der Waals surface area contributed by atoms with Gasteiger partial charge >= 0.3 is 10.1 Å². The third-order valence-electron chi connectivity index (χ3n) is 4.60. The monoisotopic (exact) mass is 384 g/mol. The van der Waals surface area contributed by atoms with E-state index in [4.69, 9.17) is 4.18 Å². The highest BCUT2D eigenvalue weighted by atomic mass is 32.2. The van der Waals surface area contributed by atoms with Crippen LogP contribution in [-0.2, 0) is 10.1 Å². The molecule has 142 valence electrons. The van der Waals surface area contributed by atoms with Gasteiger partial charge in [-0.05, 0) is 56.0 Å².